The first-order valence-corrected chi connectivity index (χ1v) is 11.1. The van der Waals surface area contributed by atoms with Gasteiger partial charge in [0, 0.05) is 5.41 Å². The monoisotopic (exact) mass is 356 g/mol. The van der Waals surface area contributed by atoms with E-state index >= 15 is 0 Å². The summed E-state index contributed by atoms with van der Waals surface area (Å²) >= 11 is 0. The van der Waals surface area contributed by atoms with Gasteiger partial charge in [-0.25, -0.2) is 0 Å². The van der Waals surface area contributed by atoms with Gasteiger partial charge in [-0.15, -0.1) is 0 Å². The number of allylic oxidation sites excluding steroid dienone is 2. The van der Waals surface area contributed by atoms with Crippen molar-refractivity contribution in [3.05, 3.63) is 24.3 Å². The largest absolute Gasteiger partial charge is 0.392 e. The predicted molar refractivity (Wildman–Crippen MR) is 110 cm³/mol. The van der Waals surface area contributed by atoms with Gasteiger partial charge in [0.05, 0.1) is 6.10 Å². The number of rotatable bonds is 1. The highest BCUT2D eigenvalue weighted by atomic mass is 16.3. The smallest absolute Gasteiger partial charge is 0.0634 e. The zero-order valence-electron chi connectivity index (χ0n) is 17.8. The fourth-order valence-corrected chi connectivity index (χ4v) is 8.84. The van der Waals surface area contributed by atoms with E-state index < -0.39 is 0 Å². The molecule has 0 aliphatic heterocycles. The van der Waals surface area contributed by atoms with Gasteiger partial charge in [0.2, 0.25) is 0 Å². The van der Waals surface area contributed by atoms with Gasteiger partial charge in [-0.05, 0) is 78.9 Å². The lowest BCUT2D eigenvalue weighted by Crippen LogP contribution is -2.64. The highest BCUT2D eigenvalue weighted by Crippen LogP contribution is 2.72. The van der Waals surface area contributed by atoms with Crippen LogP contribution in [0.3, 0.4) is 0 Å². The minimum Gasteiger partial charge on any atom is -0.392 e. The zero-order chi connectivity index (χ0) is 19.0. The molecule has 1 nitrogen and oxygen atoms in total. The zero-order valence-corrected chi connectivity index (χ0v) is 17.8. The molecule has 0 aromatic rings. The Labute approximate surface area is 161 Å². The second-order valence-corrected chi connectivity index (χ2v) is 11.6. The Morgan fingerprint density at radius 1 is 0.962 bits per heavy atom. The molecular weight excluding hydrogens is 316 g/mol. The van der Waals surface area contributed by atoms with Gasteiger partial charge in [0.25, 0.3) is 0 Å². The molecule has 0 saturated heterocycles. The fraction of sp³-hybridized carbons (Fsp3) is 0.840. The second-order valence-electron chi connectivity index (χ2n) is 11.6. The molecule has 4 aliphatic rings. The molecule has 0 unspecified atom stereocenters. The van der Waals surface area contributed by atoms with E-state index in [9.17, 15) is 5.11 Å². The van der Waals surface area contributed by atoms with Gasteiger partial charge in [-0.2, -0.15) is 0 Å². The molecule has 0 aromatic carbocycles. The van der Waals surface area contributed by atoms with E-state index in [0.29, 0.717) is 28.1 Å². The summed E-state index contributed by atoms with van der Waals surface area (Å²) in [5.74, 6) is 2.09. The third-order valence-electron chi connectivity index (χ3n) is 10.0. The first kappa shape index (κ1) is 18.8. The molecule has 1 heteroatoms. The molecule has 4 rings (SSSR count). The van der Waals surface area contributed by atoms with Gasteiger partial charge in [-0.3, -0.25) is 0 Å². The van der Waals surface area contributed by atoms with E-state index in [-0.39, 0.29) is 11.5 Å². The van der Waals surface area contributed by atoms with Gasteiger partial charge in [0.1, 0.15) is 0 Å². The highest BCUT2D eigenvalue weighted by Gasteiger charge is 2.65. The van der Waals surface area contributed by atoms with Crippen molar-refractivity contribution in [1.82, 2.24) is 0 Å². The fourth-order valence-electron chi connectivity index (χ4n) is 8.84. The molecule has 26 heavy (non-hydrogen) atoms. The number of hydrogen-bond acceptors (Lipinski definition) is 1. The number of fused-ring (bicyclic) bond motifs is 5. The molecule has 0 heterocycles. The van der Waals surface area contributed by atoms with Crippen LogP contribution in [-0.2, 0) is 0 Å². The lowest BCUT2D eigenvalue weighted by atomic mass is 9.36. The molecular formula is C25H40O. The van der Waals surface area contributed by atoms with Crippen molar-refractivity contribution in [2.45, 2.75) is 92.1 Å². The van der Waals surface area contributed by atoms with E-state index in [1.165, 1.54) is 44.1 Å². The average molecular weight is 357 g/mol. The molecule has 146 valence electrons. The number of hydrogen-bond donors (Lipinski definition) is 1. The molecule has 4 aliphatic carbocycles. The summed E-state index contributed by atoms with van der Waals surface area (Å²) in [6.07, 6.45) is 14.4. The van der Waals surface area contributed by atoms with Crippen molar-refractivity contribution in [3.63, 3.8) is 0 Å². The molecule has 0 aromatic heterocycles. The van der Waals surface area contributed by atoms with Crippen LogP contribution in [0.2, 0.25) is 0 Å². The van der Waals surface area contributed by atoms with Crippen LogP contribution in [0.4, 0.5) is 0 Å². The van der Waals surface area contributed by atoms with Crippen molar-refractivity contribution in [2.24, 2.45) is 39.4 Å². The summed E-state index contributed by atoms with van der Waals surface area (Å²) < 4.78 is 0. The lowest BCUT2D eigenvalue weighted by Gasteiger charge is -2.69. The van der Waals surface area contributed by atoms with Crippen LogP contribution < -0.4 is 0 Å². The topological polar surface area (TPSA) is 20.2 Å². The molecule has 0 amide bonds. The third kappa shape index (κ3) is 2.31. The Balaban J connectivity index is 1.77. The van der Waals surface area contributed by atoms with Crippen LogP contribution in [0.5, 0.6) is 0 Å². The van der Waals surface area contributed by atoms with E-state index in [1.807, 2.05) is 6.08 Å². The van der Waals surface area contributed by atoms with Crippen LogP contribution in [0.25, 0.3) is 0 Å². The van der Waals surface area contributed by atoms with Crippen molar-refractivity contribution in [2.75, 3.05) is 0 Å². The minimum atomic E-state index is -0.207. The van der Waals surface area contributed by atoms with Crippen molar-refractivity contribution < 1.29 is 5.11 Å². The summed E-state index contributed by atoms with van der Waals surface area (Å²) in [5.41, 5.74) is 2.52. The lowest BCUT2D eigenvalue weighted by molar-refractivity contribution is -0.214. The molecule has 1 N–H and O–H groups in total. The van der Waals surface area contributed by atoms with Crippen molar-refractivity contribution in [1.29, 1.82) is 0 Å². The molecule has 0 radical (unpaired) electrons. The molecule has 0 spiro atoms. The van der Waals surface area contributed by atoms with E-state index in [0.717, 1.165) is 18.8 Å². The standard InChI is InChI=1S/C25H40O/c1-7-17-9-10-19-24(5)14-11-18-22(2,3)12-8-13-23(18,4)20(24)15-21(26)25(19,6)16-17/h7,16,18-21,26H,1,8-15H2,2-6H3/t18-,19-,20+,21+,23-,24-,25+/m0/s1. The number of aliphatic hydroxyl groups is 1. The summed E-state index contributed by atoms with van der Waals surface area (Å²) in [4.78, 5) is 0. The first-order chi connectivity index (χ1) is 12.1. The van der Waals surface area contributed by atoms with Crippen LogP contribution in [0, 0.1) is 39.4 Å². The van der Waals surface area contributed by atoms with Crippen molar-refractivity contribution >= 4 is 0 Å². The van der Waals surface area contributed by atoms with E-state index in [4.69, 9.17) is 0 Å². The van der Waals surface area contributed by atoms with Crippen LogP contribution >= 0.6 is 0 Å². The molecule has 3 saturated carbocycles. The molecule has 3 fully saturated rings. The summed E-state index contributed by atoms with van der Waals surface area (Å²) in [6.45, 7) is 16.6. The predicted octanol–water partition coefficient (Wildman–Crippen LogP) is 6.53. The van der Waals surface area contributed by atoms with Gasteiger partial charge < -0.3 is 5.11 Å². The Bertz CT molecular complexity index is 630. The van der Waals surface area contributed by atoms with E-state index in [2.05, 4.69) is 47.3 Å². The number of aliphatic hydroxyl groups excluding tert-OH is 1. The summed E-state index contributed by atoms with van der Waals surface area (Å²) in [6, 6.07) is 0. The quantitative estimate of drug-likeness (QED) is 0.566. The Morgan fingerprint density at radius 3 is 2.35 bits per heavy atom. The van der Waals surface area contributed by atoms with Crippen LogP contribution in [0.1, 0.15) is 86.0 Å². The van der Waals surface area contributed by atoms with E-state index in [1.54, 1.807) is 0 Å². The maximum atomic E-state index is 11.4. The SMILES string of the molecule is C=CC1=C[C@@]2(C)[C@H](O)C[C@H]3[C@@](C)(CC[C@H]4C(C)(C)CCC[C@]34C)[C@@H]2CC1. The van der Waals surface area contributed by atoms with Gasteiger partial charge >= 0.3 is 0 Å². The third-order valence-corrected chi connectivity index (χ3v) is 10.0. The maximum Gasteiger partial charge on any atom is 0.0634 e. The molecule has 7 atom stereocenters. The van der Waals surface area contributed by atoms with Crippen LogP contribution in [-0.4, -0.2) is 11.2 Å². The minimum absolute atomic E-state index is 0.0690. The first-order valence-electron chi connectivity index (χ1n) is 11.1. The van der Waals surface area contributed by atoms with Gasteiger partial charge in [-0.1, -0.05) is 65.3 Å². The second kappa shape index (κ2) is 5.72. The van der Waals surface area contributed by atoms with Crippen LogP contribution in [0.15, 0.2) is 24.3 Å². The Hall–Kier alpha value is -0.560. The Morgan fingerprint density at radius 2 is 1.65 bits per heavy atom. The molecule has 0 bridgehead atoms. The summed E-state index contributed by atoms with van der Waals surface area (Å²) in [7, 11) is 0. The Kier molecular flexibility index (Phi) is 4.14. The highest BCUT2D eigenvalue weighted by molar-refractivity contribution is 5.28. The summed E-state index contributed by atoms with van der Waals surface area (Å²) in [5, 5.41) is 11.4. The maximum absolute atomic E-state index is 11.4. The normalized spacial score (nSPS) is 52.9. The average Bonchev–Trinajstić information content (AvgIpc) is 2.56. The van der Waals surface area contributed by atoms with Gasteiger partial charge in [0.15, 0.2) is 0 Å². The van der Waals surface area contributed by atoms with Crippen molar-refractivity contribution in [3.8, 4) is 0 Å².